The number of rotatable bonds is 4. The van der Waals surface area contributed by atoms with Crippen molar-refractivity contribution in [2.75, 3.05) is 19.6 Å². The Labute approximate surface area is 94.2 Å². The first-order valence-corrected chi connectivity index (χ1v) is 6.75. The quantitative estimate of drug-likeness (QED) is 0.771. The van der Waals surface area contributed by atoms with E-state index in [1.165, 1.54) is 51.6 Å². The summed E-state index contributed by atoms with van der Waals surface area (Å²) in [7, 11) is 0. The molecule has 0 aromatic heterocycles. The van der Waals surface area contributed by atoms with Crippen LogP contribution in [0.15, 0.2) is 0 Å². The molecule has 0 spiro atoms. The second-order valence-corrected chi connectivity index (χ2v) is 5.59. The van der Waals surface area contributed by atoms with Gasteiger partial charge >= 0.3 is 0 Å². The van der Waals surface area contributed by atoms with Crippen molar-refractivity contribution in [2.45, 2.75) is 51.5 Å². The van der Waals surface area contributed by atoms with Crippen LogP contribution in [0.2, 0.25) is 0 Å². The molecule has 1 aliphatic heterocycles. The molecule has 2 nitrogen and oxygen atoms in total. The van der Waals surface area contributed by atoms with Crippen molar-refractivity contribution < 1.29 is 0 Å². The van der Waals surface area contributed by atoms with Crippen LogP contribution in [0, 0.1) is 11.8 Å². The Morgan fingerprint density at radius 2 is 1.93 bits per heavy atom. The summed E-state index contributed by atoms with van der Waals surface area (Å²) >= 11 is 0. The van der Waals surface area contributed by atoms with Gasteiger partial charge in [0, 0.05) is 12.6 Å². The Morgan fingerprint density at radius 3 is 2.60 bits per heavy atom. The monoisotopic (exact) mass is 210 g/mol. The second kappa shape index (κ2) is 5.31. The summed E-state index contributed by atoms with van der Waals surface area (Å²) in [6, 6.07) is 0.904. The number of hydrogen-bond acceptors (Lipinski definition) is 2. The van der Waals surface area contributed by atoms with Crippen LogP contribution in [0.3, 0.4) is 0 Å². The Kier molecular flexibility index (Phi) is 4.04. The van der Waals surface area contributed by atoms with Crippen molar-refractivity contribution in [1.29, 1.82) is 0 Å². The number of nitrogens with two attached hydrogens (primary N) is 1. The summed E-state index contributed by atoms with van der Waals surface area (Å²) in [5.41, 5.74) is 5.72. The zero-order valence-electron chi connectivity index (χ0n) is 10.1. The lowest BCUT2D eigenvalue weighted by Crippen LogP contribution is -2.38. The minimum Gasteiger partial charge on any atom is -0.330 e. The van der Waals surface area contributed by atoms with Crippen LogP contribution in [-0.2, 0) is 0 Å². The molecule has 0 amide bonds. The van der Waals surface area contributed by atoms with Crippen molar-refractivity contribution in [1.82, 2.24) is 4.90 Å². The molecule has 2 rings (SSSR count). The molecule has 0 aromatic rings. The van der Waals surface area contributed by atoms with Gasteiger partial charge in [-0.1, -0.05) is 19.8 Å². The van der Waals surface area contributed by atoms with Gasteiger partial charge in [-0.05, 0) is 50.6 Å². The van der Waals surface area contributed by atoms with Crippen LogP contribution in [-0.4, -0.2) is 30.6 Å². The van der Waals surface area contributed by atoms with E-state index in [0.29, 0.717) is 5.92 Å². The van der Waals surface area contributed by atoms with Gasteiger partial charge in [0.1, 0.15) is 0 Å². The molecule has 2 heteroatoms. The van der Waals surface area contributed by atoms with E-state index in [4.69, 9.17) is 5.73 Å². The van der Waals surface area contributed by atoms with Gasteiger partial charge in [0.2, 0.25) is 0 Å². The Morgan fingerprint density at radius 1 is 1.20 bits per heavy atom. The van der Waals surface area contributed by atoms with Gasteiger partial charge < -0.3 is 5.73 Å². The first kappa shape index (κ1) is 11.4. The topological polar surface area (TPSA) is 29.3 Å². The lowest BCUT2D eigenvalue weighted by molar-refractivity contribution is 0.170. The van der Waals surface area contributed by atoms with Gasteiger partial charge in [0.25, 0.3) is 0 Å². The van der Waals surface area contributed by atoms with E-state index < -0.39 is 0 Å². The zero-order valence-corrected chi connectivity index (χ0v) is 10.1. The highest BCUT2D eigenvalue weighted by Gasteiger charge is 2.33. The van der Waals surface area contributed by atoms with Gasteiger partial charge in [-0.3, -0.25) is 4.90 Å². The molecule has 2 aliphatic rings. The third-order valence-corrected chi connectivity index (χ3v) is 4.31. The number of hydrogen-bond donors (Lipinski definition) is 1. The molecule has 0 radical (unpaired) electrons. The van der Waals surface area contributed by atoms with Crippen molar-refractivity contribution in [3.8, 4) is 0 Å². The van der Waals surface area contributed by atoms with Crippen molar-refractivity contribution in [3.63, 3.8) is 0 Å². The molecule has 0 bridgehead atoms. The van der Waals surface area contributed by atoms with Crippen LogP contribution >= 0.6 is 0 Å². The number of likely N-dealkylation sites (tertiary alicyclic amines) is 1. The Balaban J connectivity index is 1.86. The number of nitrogens with zero attached hydrogens (tertiary/aromatic N) is 1. The van der Waals surface area contributed by atoms with Gasteiger partial charge in [-0.15, -0.1) is 0 Å². The van der Waals surface area contributed by atoms with Gasteiger partial charge in [0.05, 0.1) is 0 Å². The average Bonchev–Trinajstić information content (AvgIpc) is 2.86. The predicted octanol–water partition coefficient (Wildman–Crippen LogP) is 2.24. The summed E-state index contributed by atoms with van der Waals surface area (Å²) < 4.78 is 0. The molecular formula is C13H26N2. The summed E-state index contributed by atoms with van der Waals surface area (Å²) in [5.74, 6) is 1.68. The fourth-order valence-electron chi connectivity index (χ4n) is 3.43. The molecule has 1 saturated heterocycles. The van der Waals surface area contributed by atoms with E-state index in [1.54, 1.807) is 0 Å². The molecule has 2 N–H and O–H groups in total. The van der Waals surface area contributed by atoms with E-state index >= 15 is 0 Å². The molecule has 15 heavy (non-hydrogen) atoms. The van der Waals surface area contributed by atoms with Crippen LogP contribution in [0.5, 0.6) is 0 Å². The van der Waals surface area contributed by atoms with E-state index in [0.717, 1.165) is 18.5 Å². The molecule has 1 saturated carbocycles. The highest BCUT2D eigenvalue weighted by atomic mass is 15.2. The van der Waals surface area contributed by atoms with Gasteiger partial charge in [-0.2, -0.15) is 0 Å². The minimum atomic E-state index is 0.673. The molecule has 0 aromatic carbocycles. The molecule has 2 atom stereocenters. The zero-order chi connectivity index (χ0) is 10.7. The van der Waals surface area contributed by atoms with Crippen molar-refractivity contribution in [3.05, 3.63) is 0 Å². The fourth-order valence-corrected chi connectivity index (χ4v) is 3.43. The lowest BCUT2D eigenvalue weighted by Gasteiger charge is -2.31. The van der Waals surface area contributed by atoms with Crippen LogP contribution < -0.4 is 5.73 Å². The predicted molar refractivity (Wildman–Crippen MR) is 64.8 cm³/mol. The minimum absolute atomic E-state index is 0.673. The van der Waals surface area contributed by atoms with Crippen LogP contribution in [0.25, 0.3) is 0 Å². The largest absolute Gasteiger partial charge is 0.330 e. The standard InChI is InChI=1S/C13H26N2/c1-11(9-14)10-15-8-4-7-13(15)12-5-2-3-6-12/h11-13H,2-10,14H2,1H3. The highest BCUT2D eigenvalue weighted by Crippen LogP contribution is 2.35. The van der Waals surface area contributed by atoms with Crippen molar-refractivity contribution in [2.24, 2.45) is 17.6 Å². The maximum Gasteiger partial charge on any atom is 0.0124 e. The summed E-state index contributed by atoms with van der Waals surface area (Å²) in [6.45, 7) is 5.68. The summed E-state index contributed by atoms with van der Waals surface area (Å²) in [4.78, 5) is 2.73. The first-order valence-electron chi connectivity index (χ1n) is 6.75. The smallest absolute Gasteiger partial charge is 0.0124 e. The molecule has 2 unspecified atom stereocenters. The third-order valence-electron chi connectivity index (χ3n) is 4.31. The fraction of sp³-hybridized carbons (Fsp3) is 1.00. The Bertz CT molecular complexity index is 187. The molecular weight excluding hydrogens is 184 g/mol. The van der Waals surface area contributed by atoms with E-state index in [-0.39, 0.29) is 0 Å². The molecule has 1 heterocycles. The summed E-state index contributed by atoms with van der Waals surface area (Å²) in [5, 5.41) is 0. The molecule has 88 valence electrons. The third kappa shape index (κ3) is 2.73. The summed E-state index contributed by atoms with van der Waals surface area (Å²) in [6.07, 6.45) is 8.78. The Hall–Kier alpha value is -0.0800. The SMILES string of the molecule is CC(CN)CN1CCCC1C1CCCC1. The van der Waals surface area contributed by atoms with Gasteiger partial charge in [0.15, 0.2) is 0 Å². The highest BCUT2D eigenvalue weighted by molar-refractivity contribution is 4.88. The maximum atomic E-state index is 5.72. The van der Waals surface area contributed by atoms with E-state index in [2.05, 4.69) is 11.8 Å². The maximum absolute atomic E-state index is 5.72. The van der Waals surface area contributed by atoms with E-state index in [9.17, 15) is 0 Å². The van der Waals surface area contributed by atoms with Crippen LogP contribution in [0.1, 0.15) is 45.4 Å². The lowest BCUT2D eigenvalue weighted by atomic mass is 9.95. The molecule has 2 fully saturated rings. The average molecular weight is 210 g/mol. The van der Waals surface area contributed by atoms with E-state index in [1.807, 2.05) is 0 Å². The second-order valence-electron chi connectivity index (χ2n) is 5.59. The first-order chi connectivity index (χ1) is 7.31. The van der Waals surface area contributed by atoms with Crippen LogP contribution in [0.4, 0.5) is 0 Å². The molecule has 1 aliphatic carbocycles. The normalized spacial score (nSPS) is 31.2. The van der Waals surface area contributed by atoms with Crippen molar-refractivity contribution >= 4 is 0 Å². The van der Waals surface area contributed by atoms with Gasteiger partial charge in [-0.25, -0.2) is 0 Å².